The zero-order valence-electron chi connectivity index (χ0n) is 13.1. The maximum Gasteiger partial charge on any atom is 0.401 e. The van der Waals surface area contributed by atoms with E-state index in [0.29, 0.717) is 6.42 Å². The lowest BCUT2D eigenvalue weighted by molar-refractivity contribution is -0.188. The molecule has 1 unspecified atom stereocenters. The topological polar surface area (TPSA) is 60.9 Å². The van der Waals surface area contributed by atoms with E-state index in [0.717, 1.165) is 9.80 Å². The van der Waals surface area contributed by atoms with Crippen molar-refractivity contribution in [3.63, 3.8) is 0 Å². The molecule has 144 valence electrons. The van der Waals surface area contributed by atoms with E-state index in [1.165, 1.54) is 0 Å². The fraction of sp³-hybridized carbons (Fsp3) is 0.857. The van der Waals surface area contributed by atoms with Crippen LogP contribution in [0.15, 0.2) is 0 Å². The van der Waals surface area contributed by atoms with Gasteiger partial charge in [0.1, 0.15) is 0 Å². The third-order valence-corrected chi connectivity index (χ3v) is 4.63. The van der Waals surface area contributed by atoms with Crippen molar-refractivity contribution < 1.29 is 41.0 Å². The lowest BCUT2D eigenvalue weighted by Crippen LogP contribution is -2.47. The molecular formula is C14H18F6N2O3. The number of amides is 1. The first-order valence-corrected chi connectivity index (χ1v) is 7.76. The van der Waals surface area contributed by atoms with E-state index < -0.39 is 61.6 Å². The van der Waals surface area contributed by atoms with Crippen LogP contribution >= 0.6 is 0 Å². The zero-order chi connectivity index (χ0) is 19.0. The van der Waals surface area contributed by atoms with E-state index in [2.05, 4.69) is 0 Å². The lowest BCUT2D eigenvalue weighted by atomic mass is 9.96. The van der Waals surface area contributed by atoms with Crippen LogP contribution in [0.2, 0.25) is 0 Å². The summed E-state index contributed by atoms with van der Waals surface area (Å²) in [4.78, 5) is 25.3. The van der Waals surface area contributed by atoms with Gasteiger partial charge in [0.2, 0.25) is 5.91 Å². The summed E-state index contributed by atoms with van der Waals surface area (Å²) in [5.41, 5.74) is 0. The average molecular weight is 376 g/mol. The first kappa shape index (κ1) is 19.8. The van der Waals surface area contributed by atoms with E-state index in [4.69, 9.17) is 5.11 Å². The second-order valence-corrected chi connectivity index (χ2v) is 6.53. The Hall–Kier alpha value is -1.52. The number of hydrogen-bond donors (Lipinski definition) is 1. The fourth-order valence-electron chi connectivity index (χ4n) is 3.48. The standard InChI is InChI=1S/C14H18F6N2O3/c15-13(16,17)7-21-3-1-2-8(4-21)11(23)22-5-9(12(24)25)10(6-22)14(18,19)20/h8-10H,1-7H2,(H,24,25)/t8?,9-,10-/m1/s1. The number of alkyl halides is 6. The molecule has 2 saturated heterocycles. The van der Waals surface area contributed by atoms with Crippen molar-refractivity contribution >= 4 is 11.9 Å². The highest BCUT2D eigenvalue weighted by molar-refractivity contribution is 5.81. The molecule has 2 aliphatic rings. The van der Waals surface area contributed by atoms with Gasteiger partial charge in [0.25, 0.3) is 0 Å². The van der Waals surface area contributed by atoms with Gasteiger partial charge in [0.15, 0.2) is 0 Å². The summed E-state index contributed by atoms with van der Waals surface area (Å²) >= 11 is 0. The Morgan fingerprint density at radius 2 is 1.68 bits per heavy atom. The molecule has 0 spiro atoms. The quantitative estimate of drug-likeness (QED) is 0.766. The van der Waals surface area contributed by atoms with Gasteiger partial charge in [0.05, 0.1) is 24.3 Å². The number of aliphatic carboxylic acids is 1. The van der Waals surface area contributed by atoms with Crippen LogP contribution < -0.4 is 0 Å². The molecule has 0 aromatic carbocycles. The molecule has 3 atom stereocenters. The van der Waals surface area contributed by atoms with Gasteiger partial charge in [-0.05, 0) is 19.4 Å². The number of carbonyl (C=O) groups excluding carboxylic acids is 1. The molecule has 2 heterocycles. The van der Waals surface area contributed by atoms with Crippen LogP contribution in [0.3, 0.4) is 0 Å². The number of carboxylic acids is 1. The fourth-order valence-corrected chi connectivity index (χ4v) is 3.48. The molecule has 1 N–H and O–H groups in total. The normalized spacial score (nSPS) is 29.0. The highest BCUT2D eigenvalue weighted by Gasteiger charge is 2.54. The van der Waals surface area contributed by atoms with Crippen LogP contribution in [0.5, 0.6) is 0 Å². The molecule has 5 nitrogen and oxygen atoms in total. The number of carbonyl (C=O) groups is 2. The molecule has 25 heavy (non-hydrogen) atoms. The van der Waals surface area contributed by atoms with Crippen molar-refractivity contribution in [2.24, 2.45) is 17.8 Å². The molecule has 2 aliphatic heterocycles. The molecule has 2 fully saturated rings. The number of nitrogens with zero attached hydrogens (tertiary/aromatic N) is 2. The Morgan fingerprint density at radius 1 is 1.04 bits per heavy atom. The molecule has 2 rings (SSSR count). The van der Waals surface area contributed by atoms with E-state index >= 15 is 0 Å². The highest BCUT2D eigenvalue weighted by Crippen LogP contribution is 2.38. The molecule has 11 heteroatoms. The van der Waals surface area contributed by atoms with Gasteiger partial charge in [-0.15, -0.1) is 0 Å². The summed E-state index contributed by atoms with van der Waals surface area (Å²) in [5.74, 6) is -7.11. The lowest BCUT2D eigenvalue weighted by Gasteiger charge is -2.34. The van der Waals surface area contributed by atoms with Gasteiger partial charge in [0, 0.05) is 19.6 Å². The summed E-state index contributed by atoms with van der Waals surface area (Å²) < 4.78 is 76.3. The number of piperidine rings is 1. The van der Waals surface area contributed by atoms with Crippen molar-refractivity contribution in [1.29, 1.82) is 0 Å². The predicted octanol–water partition coefficient (Wildman–Crippen LogP) is 1.98. The van der Waals surface area contributed by atoms with Crippen LogP contribution in [-0.4, -0.2) is 71.9 Å². The van der Waals surface area contributed by atoms with Gasteiger partial charge in [-0.1, -0.05) is 0 Å². The van der Waals surface area contributed by atoms with E-state index in [-0.39, 0.29) is 19.5 Å². The minimum absolute atomic E-state index is 0.159. The van der Waals surface area contributed by atoms with Gasteiger partial charge in [-0.3, -0.25) is 14.5 Å². The summed E-state index contributed by atoms with van der Waals surface area (Å²) in [6.45, 7) is -2.56. The second kappa shape index (κ2) is 7.00. The van der Waals surface area contributed by atoms with Gasteiger partial charge < -0.3 is 10.0 Å². The first-order chi connectivity index (χ1) is 11.4. The molecular weight excluding hydrogens is 358 g/mol. The number of carboxylic acid groups (broad SMARTS) is 1. The SMILES string of the molecule is O=C(O)[C@@H]1CN(C(=O)C2CCCN(CC(F)(F)F)C2)C[C@H]1C(F)(F)F. The molecule has 0 bridgehead atoms. The molecule has 0 aliphatic carbocycles. The van der Waals surface area contributed by atoms with Gasteiger partial charge in [-0.25, -0.2) is 0 Å². The Bertz CT molecular complexity index is 522. The molecule has 0 aromatic rings. The van der Waals surface area contributed by atoms with Crippen molar-refractivity contribution in [1.82, 2.24) is 9.80 Å². The summed E-state index contributed by atoms with van der Waals surface area (Å²) in [5, 5.41) is 8.96. The van der Waals surface area contributed by atoms with Gasteiger partial charge in [-0.2, -0.15) is 26.3 Å². The highest BCUT2D eigenvalue weighted by atomic mass is 19.4. The predicted molar refractivity (Wildman–Crippen MR) is 72.5 cm³/mol. The Balaban J connectivity index is 2.04. The van der Waals surface area contributed by atoms with Crippen molar-refractivity contribution in [3.05, 3.63) is 0 Å². The van der Waals surface area contributed by atoms with Crippen molar-refractivity contribution in [2.45, 2.75) is 25.2 Å². The van der Waals surface area contributed by atoms with E-state index in [1.54, 1.807) is 0 Å². The van der Waals surface area contributed by atoms with Crippen LogP contribution in [-0.2, 0) is 9.59 Å². The maximum absolute atomic E-state index is 13.0. The Labute approximate surface area is 139 Å². The number of hydrogen-bond acceptors (Lipinski definition) is 3. The smallest absolute Gasteiger partial charge is 0.401 e. The van der Waals surface area contributed by atoms with Gasteiger partial charge >= 0.3 is 18.3 Å². The molecule has 1 amide bonds. The molecule has 0 aromatic heterocycles. The Kier molecular flexibility index (Phi) is 5.55. The van der Waals surface area contributed by atoms with Crippen LogP contribution in [0.4, 0.5) is 26.3 Å². The summed E-state index contributed by atoms with van der Waals surface area (Å²) in [7, 11) is 0. The number of rotatable bonds is 3. The van der Waals surface area contributed by atoms with Crippen LogP contribution in [0.25, 0.3) is 0 Å². The third-order valence-electron chi connectivity index (χ3n) is 4.63. The minimum Gasteiger partial charge on any atom is -0.481 e. The van der Waals surface area contributed by atoms with E-state index in [9.17, 15) is 35.9 Å². The molecule has 0 radical (unpaired) electrons. The van der Waals surface area contributed by atoms with Crippen molar-refractivity contribution in [2.75, 3.05) is 32.7 Å². The van der Waals surface area contributed by atoms with E-state index in [1.807, 2.05) is 0 Å². The third kappa shape index (κ3) is 4.99. The Morgan fingerprint density at radius 3 is 2.16 bits per heavy atom. The zero-order valence-corrected chi connectivity index (χ0v) is 13.1. The molecule has 0 saturated carbocycles. The number of likely N-dealkylation sites (tertiary alicyclic amines) is 2. The largest absolute Gasteiger partial charge is 0.481 e. The summed E-state index contributed by atoms with van der Waals surface area (Å²) in [6, 6.07) is 0. The monoisotopic (exact) mass is 376 g/mol. The van der Waals surface area contributed by atoms with Crippen LogP contribution in [0.1, 0.15) is 12.8 Å². The van der Waals surface area contributed by atoms with Crippen molar-refractivity contribution in [3.8, 4) is 0 Å². The number of halogens is 6. The minimum atomic E-state index is -4.76. The first-order valence-electron chi connectivity index (χ1n) is 7.76. The average Bonchev–Trinajstić information content (AvgIpc) is 2.90. The maximum atomic E-state index is 13.0. The van der Waals surface area contributed by atoms with Crippen LogP contribution in [0, 0.1) is 17.8 Å². The summed E-state index contributed by atoms with van der Waals surface area (Å²) in [6.07, 6.45) is -8.58. The second-order valence-electron chi connectivity index (χ2n) is 6.53.